The van der Waals surface area contributed by atoms with E-state index in [1.165, 1.54) is 0 Å². The fourth-order valence-corrected chi connectivity index (χ4v) is 2.33. The lowest BCUT2D eigenvalue weighted by Gasteiger charge is -1.88. The molecule has 2 heterocycles. The molecule has 4 aromatic rings. The molecule has 0 bridgehead atoms. The maximum Gasteiger partial charge on any atom is 0.168 e. The number of nitrogens with zero attached hydrogens (tertiary/aromatic N) is 2. The van der Waals surface area contributed by atoms with E-state index in [1.54, 1.807) is 18.2 Å². The summed E-state index contributed by atoms with van der Waals surface area (Å²) in [6, 6.07) is 12.7. The van der Waals surface area contributed by atoms with Crippen molar-refractivity contribution in [2.24, 2.45) is 0 Å². The third-order valence-corrected chi connectivity index (χ3v) is 3.51. The van der Waals surface area contributed by atoms with Crippen LogP contribution in [0.2, 0.25) is 5.02 Å². The lowest BCUT2D eigenvalue weighted by molar-refractivity contribution is 0.111. The van der Waals surface area contributed by atoms with Crippen molar-refractivity contribution in [1.82, 2.24) is 20.4 Å². The van der Waals surface area contributed by atoms with Gasteiger partial charge >= 0.3 is 0 Å². The average molecular weight is 327 g/mol. The van der Waals surface area contributed by atoms with Crippen molar-refractivity contribution in [2.45, 2.75) is 0 Å². The van der Waals surface area contributed by atoms with Gasteiger partial charge in [0.2, 0.25) is 0 Å². The number of hydrogen-bond acceptors (Lipinski definition) is 4. The molecule has 6 nitrogen and oxygen atoms in total. The highest BCUT2D eigenvalue weighted by atomic mass is 35.5. The van der Waals surface area contributed by atoms with Crippen LogP contribution in [0.4, 0.5) is 0 Å². The maximum atomic E-state index is 10.5. The van der Waals surface area contributed by atoms with Crippen LogP contribution in [-0.2, 0) is 0 Å². The summed E-state index contributed by atoms with van der Waals surface area (Å²) in [5.41, 5.74) is 2.59. The second-order valence-electron chi connectivity index (χ2n) is 4.69. The minimum Gasteiger partial charge on any atom is -0.296 e. The number of halogens is 1. The Morgan fingerprint density at radius 1 is 0.826 bits per heavy atom. The smallest absolute Gasteiger partial charge is 0.168 e. The van der Waals surface area contributed by atoms with E-state index >= 15 is 0 Å². The first-order chi connectivity index (χ1) is 11.2. The quantitative estimate of drug-likeness (QED) is 0.552. The number of H-pyrrole nitrogens is 2. The Balaban J connectivity index is 0.000000136. The molecule has 2 aromatic heterocycles. The first-order valence-electron chi connectivity index (χ1n) is 6.70. The molecular weight excluding hydrogens is 316 g/mol. The summed E-state index contributed by atoms with van der Waals surface area (Å²) < 4.78 is 0. The minimum atomic E-state index is 0.465. The van der Waals surface area contributed by atoms with Crippen molar-refractivity contribution in [3.05, 3.63) is 58.9 Å². The molecule has 2 N–H and O–H groups in total. The van der Waals surface area contributed by atoms with Gasteiger partial charge in [0.25, 0.3) is 0 Å². The molecule has 23 heavy (non-hydrogen) atoms. The van der Waals surface area contributed by atoms with E-state index in [9.17, 15) is 9.59 Å². The molecule has 7 heteroatoms. The predicted molar refractivity (Wildman–Crippen MR) is 88.0 cm³/mol. The number of carbonyl (C=O) groups is 2. The molecule has 0 spiro atoms. The number of fused-ring (bicyclic) bond motifs is 2. The van der Waals surface area contributed by atoms with Gasteiger partial charge in [-0.15, -0.1) is 0 Å². The number of aldehydes is 2. The second-order valence-corrected chi connectivity index (χ2v) is 5.13. The van der Waals surface area contributed by atoms with E-state index in [1.807, 2.05) is 24.3 Å². The Labute approximate surface area is 135 Å². The zero-order chi connectivity index (χ0) is 16.2. The summed E-state index contributed by atoms with van der Waals surface area (Å²) in [5.74, 6) is 0. The highest BCUT2D eigenvalue weighted by Crippen LogP contribution is 2.19. The van der Waals surface area contributed by atoms with E-state index in [2.05, 4.69) is 20.4 Å². The summed E-state index contributed by atoms with van der Waals surface area (Å²) in [4.78, 5) is 20.9. The number of hydrogen-bond donors (Lipinski definition) is 2. The first kappa shape index (κ1) is 14.9. The van der Waals surface area contributed by atoms with E-state index in [0.717, 1.165) is 34.4 Å². The molecule has 0 saturated heterocycles. The van der Waals surface area contributed by atoms with Gasteiger partial charge in [-0.2, -0.15) is 10.2 Å². The van der Waals surface area contributed by atoms with E-state index in [4.69, 9.17) is 11.6 Å². The Morgan fingerprint density at radius 2 is 1.43 bits per heavy atom. The highest BCUT2D eigenvalue weighted by Gasteiger charge is 2.03. The molecule has 0 aliphatic heterocycles. The second kappa shape index (κ2) is 6.41. The van der Waals surface area contributed by atoms with Gasteiger partial charge in [-0.3, -0.25) is 19.8 Å². The number of rotatable bonds is 2. The number of benzene rings is 2. The van der Waals surface area contributed by atoms with E-state index in [-0.39, 0.29) is 0 Å². The fraction of sp³-hybridized carbons (Fsp3) is 0. The molecule has 0 radical (unpaired) electrons. The predicted octanol–water partition coefficient (Wildman–Crippen LogP) is 3.40. The molecule has 0 aliphatic carbocycles. The lowest BCUT2D eigenvalue weighted by atomic mass is 10.2. The Bertz CT molecular complexity index is 990. The third kappa shape index (κ3) is 2.97. The van der Waals surface area contributed by atoms with E-state index < -0.39 is 0 Å². The molecular formula is C16H11ClN4O2. The number of para-hydroxylation sites is 1. The van der Waals surface area contributed by atoms with Crippen molar-refractivity contribution >= 4 is 46.0 Å². The number of aromatic amines is 2. The van der Waals surface area contributed by atoms with Gasteiger partial charge in [0.1, 0.15) is 11.4 Å². The summed E-state index contributed by atoms with van der Waals surface area (Å²) >= 11 is 5.75. The number of nitrogens with one attached hydrogen (secondary N) is 2. The van der Waals surface area contributed by atoms with Crippen LogP contribution >= 0.6 is 11.6 Å². The summed E-state index contributed by atoms with van der Waals surface area (Å²) in [6.07, 6.45) is 1.50. The van der Waals surface area contributed by atoms with Gasteiger partial charge in [-0.1, -0.05) is 29.8 Å². The molecule has 0 amide bonds. The minimum absolute atomic E-state index is 0.465. The van der Waals surface area contributed by atoms with Crippen LogP contribution in [0.5, 0.6) is 0 Å². The topological polar surface area (TPSA) is 91.5 Å². The highest BCUT2D eigenvalue weighted by molar-refractivity contribution is 6.31. The van der Waals surface area contributed by atoms with Gasteiger partial charge in [0.05, 0.1) is 11.0 Å². The lowest BCUT2D eigenvalue weighted by Crippen LogP contribution is -1.78. The van der Waals surface area contributed by atoms with Gasteiger partial charge in [-0.05, 0) is 24.3 Å². The van der Waals surface area contributed by atoms with Crippen LogP contribution < -0.4 is 0 Å². The third-order valence-electron chi connectivity index (χ3n) is 3.27. The molecule has 0 fully saturated rings. The van der Waals surface area contributed by atoms with Crippen molar-refractivity contribution in [3.63, 3.8) is 0 Å². The van der Waals surface area contributed by atoms with Crippen molar-refractivity contribution < 1.29 is 9.59 Å². The van der Waals surface area contributed by atoms with Crippen LogP contribution in [0, 0.1) is 0 Å². The zero-order valence-corrected chi connectivity index (χ0v) is 12.5. The van der Waals surface area contributed by atoms with Crippen LogP contribution in [0.1, 0.15) is 21.0 Å². The normalized spacial score (nSPS) is 10.3. The van der Waals surface area contributed by atoms with Gasteiger partial charge in [0, 0.05) is 15.8 Å². The van der Waals surface area contributed by atoms with Gasteiger partial charge in [-0.25, -0.2) is 0 Å². The molecule has 4 rings (SSSR count). The largest absolute Gasteiger partial charge is 0.296 e. The van der Waals surface area contributed by atoms with Crippen molar-refractivity contribution in [3.8, 4) is 0 Å². The summed E-state index contributed by atoms with van der Waals surface area (Å²) in [6.45, 7) is 0. The Kier molecular flexibility index (Phi) is 4.16. The van der Waals surface area contributed by atoms with Crippen LogP contribution in [0.15, 0.2) is 42.5 Å². The standard InChI is InChI=1S/C8H5ClN2O.C8H6N2O/c9-5-1-2-7-6(3-5)8(4-12)11-10-7;11-5-8-6-3-1-2-4-7(6)9-10-8/h1-4H,(H,10,11);1-5H,(H,9,10). The average Bonchev–Trinajstić information content (AvgIpc) is 3.18. The number of carbonyl (C=O) groups excluding carboxylic acids is 2. The van der Waals surface area contributed by atoms with Gasteiger partial charge < -0.3 is 0 Å². The summed E-state index contributed by atoms with van der Waals surface area (Å²) in [5, 5.41) is 15.4. The molecule has 0 unspecified atom stereocenters. The molecule has 0 atom stereocenters. The Hall–Kier alpha value is -2.99. The van der Waals surface area contributed by atoms with Crippen LogP contribution in [-0.4, -0.2) is 33.0 Å². The monoisotopic (exact) mass is 326 g/mol. The fourth-order valence-electron chi connectivity index (χ4n) is 2.16. The Morgan fingerprint density at radius 3 is 2.13 bits per heavy atom. The molecule has 0 saturated carbocycles. The molecule has 0 aliphatic rings. The summed E-state index contributed by atoms with van der Waals surface area (Å²) in [7, 11) is 0. The van der Waals surface area contributed by atoms with Crippen LogP contribution in [0.25, 0.3) is 21.8 Å². The molecule has 2 aromatic carbocycles. The van der Waals surface area contributed by atoms with E-state index in [0.29, 0.717) is 16.4 Å². The van der Waals surface area contributed by atoms with Crippen molar-refractivity contribution in [2.75, 3.05) is 0 Å². The number of aromatic nitrogens is 4. The van der Waals surface area contributed by atoms with Crippen LogP contribution in [0.3, 0.4) is 0 Å². The SMILES string of the molecule is O=Cc1[nH]nc2ccc(Cl)cc12.O=Cc1[nH]nc2ccccc12. The zero-order valence-electron chi connectivity index (χ0n) is 11.8. The molecule has 114 valence electrons. The first-order valence-corrected chi connectivity index (χ1v) is 7.08. The van der Waals surface area contributed by atoms with Gasteiger partial charge in [0.15, 0.2) is 12.6 Å². The van der Waals surface area contributed by atoms with Crippen molar-refractivity contribution in [1.29, 1.82) is 0 Å². The maximum absolute atomic E-state index is 10.5.